The van der Waals surface area contributed by atoms with E-state index in [-0.39, 0.29) is 22.1 Å². The molecule has 0 saturated carbocycles. The van der Waals surface area contributed by atoms with E-state index in [0.29, 0.717) is 38.0 Å². The van der Waals surface area contributed by atoms with Crippen LogP contribution in [0.3, 0.4) is 0 Å². The summed E-state index contributed by atoms with van der Waals surface area (Å²) in [5.41, 5.74) is 10.5. The van der Waals surface area contributed by atoms with Crippen LogP contribution in [0.2, 0.25) is 0 Å². The molecule has 1 aromatic carbocycles. The van der Waals surface area contributed by atoms with Crippen molar-refractivity contribution in [2.24, 2.45) is 11.5 Å². The highest BCUT2D eigenvalue weighted by Gasteiger charge is 2.36. The second kappa shape index (κ2) is 11.1. The average Bonchev–Trinajstić information content (AvgIpc) is 2.89. The number of nitrogens with two attached hydrogens (primary N) is 2. The first-order valence-corrected chi connectivity index (χ1v) is 12.5. The van der Waals surface area contributed by atoms with Crippen LogP contribution in [0.5, 0.6) is 0 Å². The van der Waals surface area contributed by atoms with Crippen molar-refractivity contribution in [3.8, 4) is 0 Å². The first-order valence-electron chi connectivity index (χ1n) is 12.1. The van der Waals surface area contributed by atoms with Crippen molar-refractivity contribution in [2.45, 2.75) is 38.1 Å². The van der Waals surface area contributed by atoms with Gasteiger partial charge in [0.1, 0.15) is 10.5 Å². The number of hydrogen-bond donors (Lipinski definition) is 5. The molecule has 1 atom stereocenters. The predicted octanol–water partition coefficient (Wildman–Crippen LogP) is 3.78. The van der Waals surface area contributed by atoms with E-state index in [9.17, 15) is 23.1 Å². The summed E-state index contributed by atoms with van der Waals surface area (Å²) in [7, 11) is 0. The summed E-state index contributed by atoms with van der Waals surface area (Å²) in [5, 5.41) is 14.9. The van der Waals surface area contributed by atoms with Crippen molar-refractivity contribution in [2.75, 3.05) is 24.5 Å². The van der Waals surface area contributed by atoms with Crippen LogP contribution in [0.4, 0.5) is 19.0 Å². The number of primary amides is 1. The number of nitrogens with one attached hydrogen (secondary N) is 2. The molecule has 3 aromatic rings. The van der Waals surface area contributed by atoms with Crippen molar-refractivity contribution >= 4 is 40.5 Å². The zero-order valence-electron chi connectivity index (χ0n) is 20.7. The average molecular weight is 547 g/mol. The number of rotatable bonds is 7. The molecule has 2 aromatic heterocycles. The normalized spacial score (nSPS) is 16.4. The fourth-order valence-corrected chi connectivity index (χ4v) is 4.84. The minimum atomic E-state index is -4.75. The Bertz CT molecular complexity index is 1430. The number of anilines is 1. The van der Waals surface area contributed by atoms with Gasteiger partial charge in [0.25, 0.3) is 0 Å². The van der Waals surface area contributed by atoms with Gasteiger partial charge in [0.15, 0.2) is 0 Å². The van der Waals surface area contributed by atoms with E-state index >= 15 is 0 Å². The second-order valence-electron chi connectivity index (χ2n) is 9.32. The number of aliphatic hydroxyl groups excluding tert-OH is 1. The Hall–Kier alpha value is -3.48. The maximum absolute atomic E-state index is 14.0. The van der Waals surface area contributed by atoms with Crippen LogP contribution in [0, 0.1) is 4.64 Å². The first-order chi connectivity index (χ1) is 18.0. The van der Waals surface area contributed by atoms with Gasteiger partial charge in [0.05, 0.1) is 22.9 Å². The number of para-hydroxylation sites is 1. The topological polar surface area (TPSA) is 133 Å². The summed E-state index contributed by atoms with van der Waals surface area (Å²) >= 11 is 5.22. The number of aromatic nitrogens is 2. The van der Waals surface area contributed by atoms with Crippen LogP contribution >= 0.6 is 12.2 Å². The van der Waals surface area contributed by atoms with Crippen molar-refractivity contribution in [3.63, 3.8) is 0 Å². The molecule has 0 spiro atoms. The lowest BCUT2D eigenvalue weighted by Gasteiger charge is -2.34. The summed E-state index contributed by atoms with van der Waals surface area (Å²) in [6, 6.07) is 10.6. The van der Waals surface area contributed by atoms with Crippen LogP contribution < -0.4 is 21.7 Å². The van der Waals surface area contributed by atoms with Crippen LogP contribution in [-0.4, -0.2) is 46.7 Å². The Labute approximate surface area is 222 Å². The summed E-state index contributed by atoms with van der Waals surface area (Å²) in [6.07, 6.45) is -2.53. The standard InChI is InChI=1S/C26H29F3N6O2S/c1-14(24(31)37)23(30)22-18(26(27,28)29)11-21(34-25(22)38)35-8-6-17(7-9-35)32-13-20(36)16-10-15-4-2-3-5-19(15)33-12-16/h2-5,10-12,17,20,32,36H,6-9,13,30H2,1H3,(H2,31,37)(H,34,38)/b23-14-. The SMILES string of the molecule is C/C(C(N)=O)=C(/N)c1c(C(F)(F)F)cc(N2CCC(NCC(O)c3cnc4ccccc4c3)CC2)[nH]c1=S. The Morgan fingerprint density at radius 3 is 2.61 bits per heavy atom. The number of carbonyl (C=O) groups is 1. The lowest BCUT2D eigenvalue weighted by atomic mass is 10.0. The maximum Gasteiger partial charge on any atom is 0.417 e. The van der Waals surface area contributed by atoms with E-state index in [1.165, 1.54) is 6.92 Å². The third kappa shape index (κ3) is 5.98. The molecule has 4 rings (SSSR count). The number of pyridine rings is 2. The first kappa shape index (κ1) is 27.6. The summed E-state index contributed by atoms with van der Waals surface area (Å²) < 4.78 is 41.6. The van der Waals surface area contributed by atoms with Crippen LogP contribution in [0.1, 0.15) is 42.6 Å². The Morgan fingerprint density at radius 2 is 1.95 bits per heavy atom. The Balaban J connectivity index is 1.43. The van der Waals surface area contributed by atoms with Gasteiger partial charge in [-0.3, -0.25) is 9.78 Å². The van der Waals surface area contributed by atoms with Crippen molar-refractivity contribution < 1.29 is 23.1 Å². The number of benzene rings is 1. The molecule has 38 heavy (non-hydrogen) atoms. The minimum Gasteiger partial charge on any atom is -0.398 e. The molecule has 1 aliphatic heterocycles. The van der Waals surface area contributed by atoms with Gasteiger partial charge in [-0.15, -0.1) is 0 Å². The van der Waals surface area contributed by atoms with Crippen LogP contribution in [0.15, 0.2) is 48.2 Å². The molecule has 8 nitrogen and oxygen atoms in total. The smallest absolute Gasteiger partial charge is 0.398 e. The monoisotopic (exact) mass is 546 g/mol. The van der Waals surface area contributed by atoms with Crippen molar-refractivity contribution in [1.29, 1.82) is 0 Å². The summed E-state index contributed by atoms with van der Waals surface area (Å²) in [5.74, 6) is -0.706. The number of carbonyl (C=O) groups excluding carboxylic acids is 1. The van der Waals surface area contributed by atoms with Gasteiger partial charge < -0.3 is 31.8 Å². The molecule has 202 valence electrons. The number of alkyl halides is 3. The number of halogens is 3. The highest BCUT2D eigenvalue weighted by Crippen LogP contribution is 2.37. The quantitative estimate of drug-likeness (QED) is 0.225. The minimum absolute atomic E-state index is 0.0791. The summed E-state index contributed by atoms with van der Waals surface area (Å²) in [4.78, 5) is 20.5. The van der Waals surface area contributed by atoms with Gasteiger partial charge >= 0.3 is 6.18 Å². The van der Waals surface area contributed by atoms with E-state index in [1.807, 2.05) is 30.3 Å². The maximum atomic E-state index is 14.0. The second-order valence-corrected chi connectivity index (χ2v) is 9.73. The number of aromatic amines is 1. The van der Waals surface area contributed by atoms with Gasteiger partial charge in [-0.05, 0) is 38.0 Å². The number of hydrogen-bond acceptors (Lipinski definition) is 7. The summed E-state index contributed by atoms with van der Waals surface area (Å²) in [6.45, 7) is 2.52. The van der Waals surface area contributed by atoms with Crippen molar-refractivity contribution in [3.05, 3.63) is 69.5 Å². The zero-order chi connectivity index (χ0) is 27.6. The highest BCUT2D eigenvalue weighted by atomic mass is 32.1. The number of piperidine rings is 1. The number of nitrogens with zero attached hydrogens (tertiary/aromatic N) is 2. The lowest BCUT2D eigenvalue weighted by Crippen LogP contribution is -2.44. The molecule has 1 amide bonds. The highest BCUT2D eigenvalue weighted by molar-refractivity contribution is 7.71. The number of aliphatic hydroxyl groups is 1. The molecule has 1 saturated heterocycles. The number of H-pyrrole nitrogens is 1. The third-order valence-electron chi connectivity index (χ3n) is 6.80. The van der Waals surface area contributed by atoms with E-state index in [2.05, 4.69) is 15.3 Å². The van der Waals surface area contributed by atoms with Crippen molar-refractivity contribution in [1.82, 2.24) is 15.3 Å². The van der Waals surface area contributed by atoms with Gasteiger partial charge in [-0.2, -0.15) is 13.2 Å². The van der Waals surface area contributed by atoms with Gasteiger partial charge in [0, 0.05) is 54.0 Å². The third-order valence-corrected chi connectivity index (χ3v) is 7.11. The van der Waals surface area contributed by atoms with E-state index in [4.69, 9.17) is 23.7 Å². The molecule has 0 bridgehead atoms. The predicted molar refractivity (Wildman–Crippen MR) is 143 cm³/mol. The zero-order valence-corrected chi connectivity index (χ0v) is 21.5. The van der Waals surface area contributed by atoms with Gasteiger partial charge in [-0.1, -0.05) is 30.4 Å². The molecular weight excluding hydrogens is 517 g/mol. The molecule has 1 aliphatic rings. The molecule has 0 aliphatic carbocycles. The fourth-order valence-electron chi connectivity index (χ4n) is 4.52. The van der Waals surface area contributed by atoms with E-state index in [1.54, 1.807) is 11.1 Å². The molecular formula is C26H29F3N6O2S. The Kier molecular flexibility index (Phi) is 8.05. The van der Waals surface area contributed by atoms with E-state index in [0.717, 1.165) is 17.0 Å². The molecule has 1 fully saturated rings. The molecule has 1 unspecified atom stereocenters. The van der Waals surface area contributed by atoms with Crippen LogP contribution in [-0.2, 0) is 11.0 Å². The van der Waals surface area contributed by atoms with Gasteiger partial charge in [-0.25, -0.2) is 0 Å². The fraction of sp³-hybridized carbons (Fsp3) is 0.346. The molecule has 7 N–H and O–H groups in total. The molecule has 3 heterocycles. The van der Waals surface area contributed by atoms with Gasteiger partial charge in [0.2, 0.25) is 5.91 Å². The van der Waals surface area contributed by atoms with Crippen LogP contribution in [0.25, 0.3) is 16.6 Å². The number of amides is 1. The molecule has 12 heteroatoms. The number of fused-ring (bicyclic) bond motifs is 1. The molecule has 0 radical (unpaired) electrons. The van der Waals surface area contributed by atoms with E-state index < -0.39 is 35.0 Å². The lowest BCUT2D eigenvalue weighted by molar-refractivity contribution is -0.137. The largest absolute Gasteiger partial charge is 0.417 e. The Morgan fingerprint density at radius 1 is 1.26 bits per heavy atom.